The second-order valence-corrected chi connectivity index (χ2v) is 6.72. The van der Waals surface area contributed by atoms with Crippen LogP contribution in [0.25, 0.3) is 16.6 Å². The Morgan fingerprint density at radius 2 is 2.08 bits per heavy atom. The van der Waals surface area contributed by atoms with Gasteiger partial charge in [0.25, 0.3) is 0 Å². The lowest BCUT2D eigenvalue weighted by Crippen LogP contribution is -2.11. The normalized spacial score (nSPS) is 11.5. The molecule has 0 amide bonds. The maximum absolute atomic E-state index is 12.6. The molecule has 0 aliphatic carbocycles. The summed E-state index contributed by atoms with van der Waals surface area (Å²) in [6, 6.07) is 13.6. The van der Waals surface area contributed by atoms with Crippen molar-refractivity contribution in [1.82, 2.24) is 9.55 Å². The lowest BCUT2D eigenvalue weighted by atomic mass is 10.2. The average Bonchev–Trinajstić information content (AvgIpc) is 2.65. The van der Waals surface area contributed by atoms with E-state index in [1.165, 1.54) is 0 Å². The Labute approximate surface area is 156 Å². The highest BCUT2D eigenvalue weighted by Crippen LogP contribution is 2.27. The van der Waals surface area contributed by atoms with Gasteiger partial charge in [0.15, 0.2) is 5.43 Å². The summed E-state index contributed by atoms with van der Waals surface area (Å²) in [5.74, 6) is 1.40. The number of allylic oxidation sites excluding steroid dienone is 2. The van der Waals surface area contributed by atoms with Gasteiger partial charge in [-0.1, -0.05) is 42.6 Å². The molecule has 0 spiro atoms. The number of benzene rings is 1. The van der Waals surface area contributed by atoms with Crippen LogP contribution >= 0.6 is 11.8 Å². The monoisotopic (exact) mass is 364 g/mol. The molecular weight excluding hydrogens is 344 g/mol. The summed E-state index contributed by atoms with van der Waals surface area (Å²) in [4.78, 5) is 16.9. The summed E-state index contributed by atoms with van der Waals surface area (Å²) in [7, 11) is 1.63. The van der Waals surface area contributed by atoms with Crippen LogP contribution in [0.5, 0.6) is 0 Å². The maximum Gasteiger partial charge on any atom is 0.192 e. The second-order valence-electron chi connectivity index (χ2n) is 5.72. The number of para-hydroxylation sites is 1. The summed E-state index contributed by atoms with van der Waals surface area (Å²) in [6.45, 7) is 5.63. The van der Waals surface area contributed by atoms with Crippen LogP contribution in [0, 0.1) is 6.92 Å². The van der Waals surface area contributed by atoms with E-state index >= 15 is 0 Å². The van der Waals surface area contributed by atoms with Crippen molar-refractivity contribution in [3.63, 3.8) is 0 Å². The summed E-state index contributed by atoms with van der Waals surface area (Å²) in [6.07, 6.45) is 5.17. The SMILES string of the molecule is C=C/C=C(/CSc1cc(=O)c2cnc(C)cc2n1-c1ccccc1)OC. The van der Waals surface area contributed by atoms with Gasteiger partial charge in [0.1, 0.15) is 5.76 Å². The molecule has 4 nitrogen and oxygen atoms in total. The quantitative estimate of drug-likeness (QED) is 0.367. The zero-order valence-electron chi connectivity index (χ0n) is 14.8. The van der Waals surface area contributed by atoms with Gasteiger partial charge in [-0.15, -0.1) is 0 Å². The Kier molecular flexibility index (Phi) is 5.58. The first-order chi connectivity index (χ1) is 12.6. The van der Waals surface area contributed by atoms with E-state index < -0.39 is 0 Å². The maximum atomic E-state index is 12.6. The summed E-state index contributed by atoms with van der Waals surface area (Å²) in [5.41, 5.74) is 2.68. The predicted octanol–water partition coefficient (Wildman–Crippen LogP) is 4.50. The Bertz CT molecular complexity index is 1020. The highest BCUT2D eigenvalue weighted by atomic mass is 32.2. The molecule has 0 radical (unpaired) electrons. The largest absolute Gasteiger partial charge is 0.500 e. The third-order valence-electron chi connectivity index (χ3n) is 3.94. The van der Waals surface area contributed by atoms with Crippen molar-refractivity contribution in [2.45, 2.75) is 11.9 Å². The van der Waals surface area contributed by atoms with Crippen molar-refractivity contribution in [1.29, 1.82) is 0 Å². The molecule has 0 atom stereocenters. The number of fused-ring (bicyclic) bond motifs is 1. The molecule has 2 aromatic heterocycles. The molecule has 0 N–H and O–H groups in total. The number of nitrogens with zero attached hydrogens (tertiary/aromatic N) is 2. The van der Waals surface area contributed by atoms with Crippen LogP contribution in [0.3, 0.4) is 0 Å². The molecule has 0 fully saturated rings. The van der Waals surface area contributed by atoms with Gasteiger partial charge in [-0.25, -0.2) is 0 Å². The summed E-state index contributed by atoms with van der Waals surface area (Å²) >= 11 is 1.55. The number of ether oxygens (including phenoxy) is 1. The molecule has 0 saturated heterocycles. The number of methoxy groups -OCH3 is 1. The number of aryl methyl sites for hydroxylation is 1. The first-order valence-electron chi connectivity index (χ1n) is 8.20. The standard InChI is InChI=1S/C21H20N2O2S/c1-4-8-17(25-3)14-26-21-12-20(24)18-13-22-15(2)11-19(18)23(21)16-9-6-5-7-10-16/h4-13H,1,14H2,2-3H3/b17-8-. The van der Waals surface area contributed by atoms with E-state index in [0.717, 1.165) is 27.7 Å². The molecule has 2 heterocycles. The lowest BCUT2D eigenvalue weighted by Gasteiger charge is -2.17. The van der Waals surface area contributed by atoms with E-state index in [1.807, 2.05) is 49.4 Å². The second kappa shape index (κ2) is 8.06. The van der Waals surface area contributed by atoms with E-state index in [9.17, 15) is 4.79 Å². The Balaban J connectivity index is 2.20. The molecule has 3 aromatic rings. The van der Waals surface area contributed by atoms with Crippen LogP contribution in [-0.4, -0.2) is 22.4 Å². The fraction of sp³-hybridized carbons (Fsp3) is 0.143. The average molecular weight is 364 g/mol. The molecular formula is C21H20N2O2S. The molecule has 3 rings (SSSR count). The fourth-order valence-corrected chi connectivity index (χ4v) is 3.72. The predicted molar refractivity (Wildman–Crippen MR) is 108 cm³/mol. The summed E-state index contributed by atoms with van der Waals surface area (Å²) in [5, 5.41) is 1.46. The van der Waals surface area contributed by atoms with Gasteiger partial charge in [-0.2, -0.15) is 0 Å². The van der Waals surface area contributed by atoms with Crippen molar-refractivity contribution in [2.75, 3.05) is 12.9 Å². The minimum Gasteiger partial charge on any atom is -0.500 e. The number of rotatable bonds is 6. The summed E-state index contributed by atoms with van der Waals surface area (Å²) < 4.78 is 7.46. The smallest absolute Gasteiger partial charge is 0.192 e. The number of hydrogen-bond acceptors (Lipinski definition) is 4. The molecule has 0 saturated carbocycles. The number of pyridine rings is 2. The van der Waals surface area contributed by atoms with Crippen molar-refractivity contribution in [3.05, 3.63) is 89.1 Å². The van der Waals surface area contributed by atoms with Crippen molar-refractivity contribution in [3.8, 4) is 5.69 Å². The first kappa shape index (κ1) is 18.0. The van der Waals surface area contributed by atoms with Gasteiger partial charge in [0, 0.05) is 23.6 Å². The highest BCUT2D eigenvalue weighted by Gasteiger charge is 2.13. The third-order valence-corrected chi connectivity index (χ3v) is 4.97. The van der Waals surface area contributed by atoms with Gasteiger partial charge in [0.05, 0.1) is 28.8 Å². The molecule has 26 heavy (non-hydrogen) atoms. The van der Waals surface area contributed by atoms with Crippen molar-refractivity contribution in [2.24, 2.45) is 0 Å². The Morgan fingerprint density at radius 1 is 1.31 bits per heavy atom. The van der Waals surface area contributed by atoms with Crippen LogP contribution in [0.4, 0.5) is 0 Å². The topological polar surface area (TPSA) is 44.1 Å². The van der Waals surface area contributed by atoms with Crippen LogP contribution in [0.1, 0.15) is 5.69 Å². The number of thioether (sulfide) groups is 1. The van der Waals surface area contributed by atoms with Crippen LogP contribution < -0.4 is 5.43 Å². The number of hydrogen-bond donors (Lipinski definition) is 0. The van der Waals surface area contributed by atoms with E-state index in [1.54, 1.807) is 37.2 Å². The van der Waals surface area contributed by atoms with Gasteiger partial charge in [-0.05, 0) is 31.2 Å². The molecule has 1 aromatic carbocycles. The minimum absolute atomic E-state index is 0.0335. The molecule has 0 aliphatic heterocycles. The van der Waals surface area contributed by atoms with E-state index in [2.05, 4.69) is 16.1 Å². The van der Waals surface area contributed by atoms with E-state index in [-0.39, 0.29) is 5.43 Å². The number of aromatic nitrogens is 2. The van der Waals surface area contributed by atoms with Gasteiger partial charge >= 0.3 is 0 Å². The van der Waals surface area contributed by atoms with Crippen molar-refractivity contribution >= 4 is 22.7 Å². The Hall–Kier alpha value is -2.79. The molecule has 5 heteroatoms. The van der Waals surface area contributed by atoms with E-state index in [0.29, 0.717) is 11.1 Å². The van der Waals surface area contributed by atoms with Crippen LogP contribution in [0.2, 0.25) is 0 Å². The molecule has 0 aliphatic rings. The highest BCUT2D eigenvalue weighted by molar-refractivity contribution is 7.99. The molecule has 0 unspecified atom stereocenters. The van der Waals surface area contributed by atoms with Crippen LogP contribution in [-0.2, 0) is 4.74 Å². The fourth-order valence-electron chi connectivity index (χ4n) is 2.69. The zero-order chi connectivity index (χ0) is 18.5. The van der Waals surface area contributed by atoms with Crippen molar-refractivity contribution < 1.29 is 4.74 Å². The third kappa shape index (κ3) is 3.73. The van der Waals surface area contributed by atoms with Gasteiger partial charge in [-0.3, -0.25) is 9.78 Å². The molecule has 0 bridgehead atoms. The molecule has 132 valence electrons. The Morgan fingerprint density at radius 3 is 2.77 bits per heavy atom. The first-order valence-corrected chi connectivity index (χ1v) is 9.19. The minimum atomic E-state index is -0.0335. The van der Waals surface area contributed by atoms with Gasteiger partial charge in [0.2, 0.25) is 0 Å². The zero-order valence-corrected chi connectivity index (χ0v) is 15.6. The van der Waals surface area contributed by atoms with Gasteiger partial charge < -0.3 is 9.30 Å². The van der Waals surface area contributed by atoms with E-state index in [4.69, 9.17) is 4.74 Å². The lowest BCUT2D eigenvalue weighted by molar-refractivity contribution is 0.296. The van der Waals surface area contributed by atoms with Crippen LogP contribution in [0.15, 0.2) is 83.0 Å².